The number of hydrogen-bond acceptors (Lipinski definition) is 3. The quantitative estimate of drug-likeness (QED) is 0.856. The lowest BCUT2D eigenvalue weighted by atomic mass is 9.94. The standard InChI is InChI=1S/C22H30N4O2/c1-22(2,3)14-26-11-9-23-21(28)19(26)12-20(27)25-10-8-18-16(13-25)15-6-4-5-7-17(15)24-18/h4-7,19,24H,8-14H2,1-3H3,(H,23,28)/t19-/m1/s1. The van der Waals surface area contributed by atoms with Crippen molar-refractivity contribution in [2.24, 2.45) is 5.41 Å². The topological polar surface area (TPSA) is 68.4 Å². The third kappa shape index (κ3) is 3.78. The Labute approximate surface area is 166 Å². The highest BCUT2D eigenvalue weighted by Gasteiger charge is 2.35. The van der Waals surface area contributed by atoms with Crippen LogP contribution in [0.1, 0.15) is 38.4 Å². The van der Waals surface area contributed by atoms with Gasteiger partial charge in [-0.1, -0.05) is 39.0 Å². The number of aromatic amines is 1. The summed E-state index contributed by atoms with van der Waals surface area (Å²) in [7, 11) is 0. The maximum Gasteiger partial charge on any atom is 0.237 e. The number of nitrogens with one attached hydrogen (secondary N) is 2. The summed E-state index contributed by atoms with van der Waals surface area (Å²) in [5.74, 6) is 0.0468. The van der Waals surface area contributed by atoms with E-state index in [1.165, 1.54) is 16.6 Å². The fourth-order valence-corrected chi connectivity index (χ4v) is 4.46. The molecule has 150 valence electrons. The Hall–Kier alpha value is -2.34. The van der Waals surface area contributed by atoms with E-state index in [0.717, 1.165) is 25.0 Å². The Morgan fingerprint density at radius 3 is 2.79 bits per heavy atom. The lowest BCUT2D eigenvalue weighted by molar-refractivity contribution is -0.140. The van der Waals surface area contributed by atoms with Crippen LogP contribution in [-0.2, 0) is 22.6 Å². The molecule has 1 aromatic carbocycles. The molecule has 1 aromatic heterocycles. The first-order valence-corrected chi connectivity index (χ1v) is 10.2. The van der Waals surface area contributed by atoms with Gasteiger partial charge in [0.2, 0.25) is 11.8 Å². The molecule has 0 radical (unpaired) electrons. The van der Waals surface area contributed by atoms with E-state index in [2.05, 4.69) is 48.1 Å². The number of carbonyl (C=O) groups excluding carboxylic acids is 2. The van der Waals surface area contributed by atoms with E-state index in [9.17, 15) is 9.59 Å². The molecule has 0 bridgehead atoms. The van der Waals surface area contributed by atoms with Gasteiger partial charge in [0.1, 0.15) is 0 Å². The van der Waals surface area contributed by atoms with Gasteiger partial charge in [0.05, 0.1) is 12.5 Å². The monoisotopic (exact) mass is 382 g/mol. The molecule has 1 fully saturated rings. The van der Waals surface area contributed by atoms with Gasteiger partial charge in [-0.15, -0.1) is 0 Å². The van der Waals surface area contributed by atoms with Crippen molar-refractivity contribution in [2.75, 3.05) is 26.2 Å². The van der Waals surface area contributed by atoms with Crippen LogP contribution < -0.4 is 5.32 Å². The molecule has 3 heterocycles. The van der Waals surface area contributed by atoms with Crippen molar-refractivity contribution >= 4 is 22.7 Å². The number of piperazine rings is 1. The fraction of sp³-hybridized carbons (Fsp3) is 0.545. The van der Waals surface area contributed by atoms with Gasteiger partial charge in [-0.25, -0.2) is 0 Å². The Bertz CT molecular complexity index is 896. The van der Waals surface area contributed by atoms with Crippen LogP contribution in [0.3, 0.4) is 0 Å². The normalized spacial score (nSPS) is 20.9. The molecule has 2 amide bonds. The van der Waals surface area contributed by atoms with Crippen molar-refractivity contribution in [1.29, 1.82) is 0 Å². The number of aromatic nitrogens is 1. The van der Waals surface area contributed by atoms with E-state index >= 15 is 0 Å². The number of H-pyrrole nitrogens is 1. The number of para-hydroxylation sites is 1. The molecule has 28 heavy (non-hydrogen) atoms. The Morgan fingerprint density at radius 2 is 2.00 bits per heavy atom. The smallest absolute Gasteiger partial charge is 0.237 e. The third-order valence-electron chi connectivity index (χ3n) is 5.72. The lowest BCUT2D eigenvalue weighted by Crippen LogP contribution is -2.58. The maximum atomic E-state index is 13.1. The van der Waals surface area contributed by atoms with Crippen molar-refractivity contribution in [3.63, 3.8) is 0 Å². The molecule has 0 unspecified atom stereocenters. The molecule has 0 spiro atoms. The van der Waals surface area contributed by atoms with Crippen LogP contribution in [0.4, 0.5) is 0 Å². The second-order valence-corrected chi connectivity index (χ2v) is 9.24. The number of amides is 2. The highest BCUT2D eigenvalue weighted by molar-refractivity contribution is 5.90. The average Bonchev–Trinajstić information content (AvgIpc) is 3.01. The number of carbonyl (C=O) groups is 2. The van der Waals surface area contributed by atoms with Gasteiger partial charge in [-0.05, 0) is 11.5 Å². The van der Waals surface area contributed by atoms with Gasteiger partial charge in [0, 0.05) is 61.3 Å². The first-order chi connectivity index (χ1) is 13.3. The Balaban J connectivity index is 1.49. The molecule has 6 nitrogen and oxygen atoms in total. The van der Waals surface area contributed by atoms with Crippen molar-refractivity contribution in [2.45, 2.75) is 46.2 Å². The SMILES string of the molecule is CC(C)(C)CN1CCNC(=O)[C@H]1CC(=O)N1CCc2[nH]c3ccccc3c2C1. The molecule has 2 aliphatic rings. The predicted octanol–water partition coefficient (Wildman–Crippen LogP) is 2.29. The summed E-state index contributed by atoms with van der Waals surface area (Å²) >= 11 is 0. The zero-order valence-corrected chi connectivity index (χ0v) is 17.0. The Morgan fingerprint density at radius 1 is 1.21 bits per heavy atom. The summed E-state index contributed by atoms with van der Waals surface area (Å²) in [5.41, 5.74) is 3.66. The van der Waals surface area contributed by atoms with Crippen molar-refractivity contribution in [3.05, 3.63) is 35.5 Å². The minimum absolute atomic E-state index is 0.0198. The number of benzene rings is 1. The van der Waals surface area contributed by atoms with Crippen LogP contribution >= 0.6 is 0 Å². The molecule has 1 saturated heterocycles. The number of rotatable bonds is 3. The van der Waals surface area contributed by atoms with Crippen LogP contribution in [0.5, 0.6) is 0 Å². The van der Waals surface area contributed by atoms with Gasteiger partial charge in [-0.3, -0.25) is 14.5 Å². The van der Waals surface area contributed by atoms with E-state index in [-0.39, 0.29) is 29.7 Å². The summed E-state index contributed by atoms with van der Waals surface area (Å²) < 4.78 is 0. The fourth-order valence-electron chi connectivity index (χ4n) is 4.46. The summed E-state index contributed by atoms with van der Waals surface area (Å²) in [4.78, 5) is 33.2. The maximum absolute atomic E-state index is 13.1. The number of hydrogen-bond donors (Lipinski definition) is 2. The highest BCUT2D eigenvalue weighted by atomic mass is 16.2. The van der Waals surface area contributed by atoms with Gasteiger partial charge in [0.25, 0.3) is 0 Å². The molecular formula is C22H30N4O2. The zero-order valence-electron chi connectivity index (χ0n) is 17.0. The summed E-state index contributed by atoms with van der Waals surface area (Å²) in [6.07, 6.45) is 1.08. The van der Waals surface area contributed by atoms with E-state index < -0.39 is 0 Å². The van der Waals surface area contributed by atoms with Gasteiger partial charge in [0.15, 0.2) is 0 Å². The molecule has 0 aliphatic carbocycles. The molecular weight excluding hydrogens is 352 g/mol. The van der Waals surface area contributed by atoms with E-state index in [4.69, 9.17) is 0 Å². The molecule has 2 aliphatic heterocycles. The second-order valence-electron chi connectivity index (χ2n) is 9.24. The largest absolute Gasteiger partial charge is 0.358 e. The molecule has 2 N–H and O–H groups in total. The van der Waals surface area contributed by atoms with E-state index in [1.54, 1.807) is 0 Å². The van der Waals surface area contributed by atoms with Crippen molar-refractivity contribution < 1.29 is 9.59 Å². The molecule has 6 heteroatoms. The van der Waals surface area contributed by atoms with Crippen LogP contribution in [0.2, 0.25) is 0 Å². The minimum atomic E-state index is -0.371. The van der Waals surface area contributed by atoms with Gasteiger partial charge >= 0.3 is 0 Å². The minimum Gasteiger partial charge on any atom is -0.358 e. The van der Waals surface area contributed by atoms with E-state index in [0.29, 0.717) is 19.6 Å². The third-order valence-corrected chi connectivity index (χ3v) is 5.72. The van der Waals surface area contributed by atoms with Crippen molar-refractivity contribution in [3.8, 4) is 0 Å². The second kappa shape index (κ2) is 7.24. The molecule has 0 saturated carbocycles. The van der Waals surface area contributed by atoms with Crippen LogP contribution in [0.25, 0.3) is 10.9 Å². The van der Waals surface area contributed by atoms with Crippen LogP contribution in [-0.4, -0.2) is 58.8 Å². The summed E-state index contributed by atoms with van der Waals surface area (Å²) in [6.45, 7) is 10.1. The predicted molar refractivity (Wildman–Crippen MR) is 110 cm³/mol. The lowest BCUT2D eigenvalue weighted by Gasteiger charge is -2.39. The first kappa shape index (κ1) is 19.0. The average molecular weight is 383 g/mol. The zero-order chi connectivity index (χ0) is 19.9. The molecule has 1 atom stereocenters. The van der Waals surface area contributed by atoms with E-state index in [1.807, 2.05) is 17.0 Å². The highest BCUT2D eigenvalue weighted by Crippen LogP contribution is 2.28. The van der Waals surface area contributed by atoms with Crippen LogP contribution in [0.15, 0.2) is 24.3 Å². The number of fused-ring (bicyclic) bond motifs is 3. The number of nitrogens with zero attached hydrogens (tertiary/aromatic N) is 2. The van der Waals surface area contributed by atoms with Gasteiger partial charge in [-0.2, -0.15) is 0 Å². The first-order valence-electron chi connectivity index (χ1n) is 10.2. The van der Waals surface area contributed by atoms with Crippen LogP contribution in [0, 0.1) is 5.41 Å². The Kier molecular flexibility index (Phi) is 4.91. The van der Waals surface area contributed by atoms with Gasteiger partial charge < -0.3 is 15.2 Å². The summed E-state index contributed by atoms with van der Waals surface area (Å²) in [6, 6.07) is 7.88. The molecule has 4 rings (SSSR count). The van der Waals surface area contributed by atoms with Crippen molar-refractivity contribution in [1.82, 2.24) is 20.1 Å². The molecule has 2 aromatic rings. The summed E-state index contributed by atoms with van der Waals surface area (Å²) in [5, 5.41) is 4.13.